The number of halogens is 1. The second-order valence-electron chi connectivity index (χ2n) is 2.48. The third-order valence-corrected chi connectivity index (χ3v) is 1.58. The first-order chi connectivity index (χ1) is 5.61. The van der Waals surface area contributed by atoms with Crippen LogP contribution < -0.4 is 0 Å². The molecule has 0 amide bonds. The Bertz CT molecular complexity index is 333. The molecule has 0 aliphatic heterocycles. The first kappa shape index (κ1) is 8.94. The highest BCUT2D eigenvalue weighted by molar-refractivity contribution is 6.29. The molecule has 0 bridgehead atoms. The van der Waals surface area contributed by atoms with Crippen molar-refractivity contribution in [3.05, 3.63) is 41.2 Å². The molecule has 1 heterocycles. The van der Waals surface area contributed by atoms with Crippen LogP contribution in [0.2, 0.25) is 5.15 Å². The van der Waals surface area contributed by atoms with E-state index in [1.807, 2.05) is 0 Å². The standard InChI is InChI=1S/C9H8ClNO/c1-6(2)9(12)7-3-4-11-8(10)5-7/h3-5H,1H2,2H3. The van der Waals surface area contributed by atoms with Gasteiger partial charge in [-0.25, -0.2) is 4.98 Å². The van der Waals surface area contributed by atoms with Gasteiger partial charge < -0.3 is 0 Å². The van der Waals surface area contributed by atoms with E-state index in [4.69, 9.17) is 11.6 Å². The van der Waals surface area contributed by atoms with Crippen molar-refractivity contribution in [3.8, 4) is 0 Å². The summed E-state index contributed by atoms with van der Waals surface area (Å²) in [5.41, 5.74) is 1.03. The van der Waals surface area contributed by atoms with Crippen molar-refractivity contribution in [2.24, 2.45) is 0 Å². The van der Waals surface area contributed by atoms with Crippen LogP contribution in [0.25, 0.3) is 0 Å². The van der Waals surface area contributed by atoms with E-state index < -0.39 is 0 Å². The van der Waals surface area contributed by atoms with Gasteiger partial charge in [-0.05, 0) is 24.6 Å². The maximum Gasteiger partial charge on any atom is 0.188 e. The van der Waals surface area contributed by atoms with Crippen molar-refractivity contribution in [1.29, 1.82) is 0 Å². The first-order valence-corrected chi connectivity index (χ1v) is 3.81. The molecular formula is C9H8ClNO. The van der Waals surface area contributed by atoms with Gasteiger partial charge in [0.25, 0.3) is 0 Å². The topological polar surface area (TPSA) is 30.0 Å². The van der Waals surface area contributed by atoms with Gasteiger partial charge in [0, 0.05) is 11.8 Å². The SMILES string of the molecule is C=C(C)C(=O)c1ccnc(Cl)c1. The largest absolute Gasteiger partial charge is 0.289 e. The van der Waals surface area contributed by atoms with E-state index in [0.29, 0.717) is 16.3 Å². The summed E-state index contributed by atoms with van der Waals surface area (Å²) in [6.07, 6.45) is 1.50. The van der Waals surface area contributed by atoms with Gasteiger partial charge in [-0.1, -0.05) is 18.2 Å². The van der Waals surface area contributed by atoms with E-state index in [-0.39, 0.29) is 5.78 Å². The molecule has 3 heteroatoms. The lowest BCUT2D eigenvalue weighted by Gasteiger charge is -1.98. The predicted molar refractivity (Wildman–Crippen MR) is 48.4 cm³/mol. The number of pyridine rings is 1. The molecule has 1 aromatic heterocycles. The third kappa shape index (κ3) is 1.92. The Morgan fingerprint density at radius 1 is 1.67 bits per heavy atom. The van der Waals surface area contributed by atoms with Crippen LogP contribution in [0.4, 0.5) is 0 Å². The quantitative estimate of drug-likeness (QED) is 0.399. The lowest BCUT2D eigenvalue weighted by molar-refractivity contribution is 0.103. The normalized spacial score (nSPS) is 9.50. The van der Waals surface area contributed by atoms with Gasteiger partial charge in [0.2, 0.25) is 0 Å². The lowest BCUT2D eigenvalue weighted by atomic mass is 10.1. The van der Waals surface area contributed by atoms with E-state index in [1.54, 1.807) is 13.0 Å². The van der Waals surface area contributed by atoms with Crippen LogP contribution in [0.1, 0.15) is 17.3 Å². The molecular weight excluding hydrogens is 174 g/mol. The molecule has 62 valence electrons. The molecule has 0 N–H and O–H groups in total. The minimum Gasteiger partial charge on any atom is -0.289 e. The first-order valence-electron chi connectivity index (χ1n) is 3.43. The molecule has 1 rings (SSSR count). The Balaban J connectivity index is 3.04. The fraction of sp³-hybridized carbons (Fsp3) is 0.111. The number of nitrogens with zero attached hydrogens (tertiary/aromatic N) is 1. The smallest absolute Gasteiger partial charge is 0.188 e. The van der Waals surface area contributed by atoms with Crippen molar-refractivity contribution < 1.29 is 4.79 Å². The summed E-state index contributed by atoms with van der Waals surface area (Å²) in [6, 6.07) is 3.14. The van der Waals surface area contributed by atoms with Gasteiger partial charge in [-0.15, -0.1) is 0 Å². The summed E-state index contributed by atoms with van der Waals surface area (Å²) in [7, 11) is 0. The molecule has 12 heavy (non-hydrogen) atoms. The van der Waals surface area contributed by atoms with Crippen molar-refractivity contribution in [1.82, 2.24) is 4.98 Å². The summed E-state index contributed by atoms with van der Waals surface area (Å²) >= 11 is 5.60. The average molecular weight is 182 g/mol. The van der Waals surface area contributed by atoms with Crippen LogP contribution in [0.5, 0.6) is 0 Å². The van der Waals surface area contributed by atoms with Gasteiger partial charge in [0.05, 0.1) is 0 Å². The summed E-state index contributed by atoms with van der Waals surface area (Å²) < 4.78 is 0. The highest BCUT2D eigenvalue weighted by Crippen LogP contribution is 2.10. The minimum atomic E-state index is -0.0979. The summed E-state index contributed by atoms with van der Waals surface area (Å²) in [5, 5.41) is 0.321. The Morgan fingerprint density at radius 2 is 2.33 bits per heavy atom. The maximum atomic E-state index is 11.3. The van der Waals surface area contributed by atoms with Crippen LogP contribution >= 0.6 is 11.6 Å². The van der Waals surface area contributed by atoms with E-state index in [9.17, 15) is 4.79 Å². The van der Waals surface area contributed by atoms with Crippen LogP contribution in [-0.4, -0.2) is 10.8 Å². The molecule has 0 aliphatic carbocycles. The van der Waals surface area contributed by atoms with Crippen LogP contribution in [0.3, 0.4) is 0 Å². The molecule has 0 atom stereocenters. The molecule has 0 saturated heterocycles. The number of rotatable bonds is 2. The fourth-order valence-corrected chi connectivity index (χ4v) is 0.964. The summed E-state index contributed by atoms with van der Waals surface area (Å²) in [4.78, 5) is 15.1. The Labute approximate surface area is 75.9 Å². The van der Waals surface area contributed by atoms with Crippen LogP contribution in [0.15, 0.2) is 30.5 Å². The zero-order valence-corrected chi connectivity index (χ0v) is 7.43. The molecule has 1 aromatic rings. The Hall–Kier alpha value is -1.15. The zero-order chi connectivity index (χ0) is 9.14. The Morgan fingerprint density at radius 3 is 2.83 bits per heavy atom. The van der Waals surface area contributed by atoms with Crippen molar-refractivity contribution in [2.75, 3.05) is 0 Å². The molecule has 0 unspecified atom stereocenters. The van der Waals surface area contributed by atoms with Gasteiger partial charge >= 0.3 is 0 Å². The number of ketones is 1. The summed E-state index contributed by atoms with van der Waals surface area (Å²) in [6.45, 7) is 5.21. The highest BCUT2D eigenvalue weighted by atomic mass is 35.5. The zero-order valence-electron chi connectivity index (χ0n) is 6.67. The third-order valence-electron chi connectivity index (χ3n) is 1.38. The fourth-order valence-electron chi connectivity index (χ4n) is 0.790. The minimum absolute atomic E-state index is 0.0979. The van der Waals surface area contributed by atoms with Crippen molar-refractivity contribution in [3.63, 3.8) is 0 Å². The number of aromatic nitrogens is 1. The molecule has 0 fully saturated rings. The predicted octanol–water partition coefficient (Wildman–Crippen LogP) is 2.49. The second kappa shape index (κ2) is 3.50. The highest BCUT2D eigenvalue weighted by Gasteiger charge is 2.05. The molecule has 0 saturated carbocycles. The molecule has 0 aliphatic rings. The van der Waals surface area contributed by atoms with Crippen molar-refractivity contribution in [2.45, 2.75) is 6.92 Å². The van der Waals surface area contributed by atoms with E-state index in [2.05, 4.69) is 11.6 Å². The monoisotopic (exact) mass is 181 g/mol. The number of hydrogen-bond acceptors (Lipinski definition) is 2. The Kier molecular flexibility index (Phi) is 2.61. The van der Waals surface area contributed by atoms with E-state index in [1.165, 1.54) is 12.3 Å². The van der Waals surface area contributed by atoms with Crippen LogP contribution in [0, 0.1) is 0 Å². The number of hydrogen-bond donors (Lipinski definition) is 0. The van der Waals surface area contributed by atoms with Gasteiger partial charge in [-0.2, -0.15) is 0 Å². The second-order valence-corrected chi connectivity index (χ2v) is 2.86. The van der Waals surface area contributed by atoms with E-state index in [0.717, 1.165) is 0 Å². The van der Waals surface area contributed by atoms with Gasteiger partial charge in [-0.3, -0.25) is 4.79 Å². The van der Waals surface area contributed by atoms with Crippen LogP contribution in [-0.2, 0) is 0 Å². The maximum absolute atomic E-state index is 11.3. The lowest BCUT2D eigenvalue weighted by Crippen LogP contribution is -1.99. The molecule has 0 spiro atoms. The van der Waals surface area contributed by atoms with Crippen molar-refractivity contribution >= 4 is 17.4 Å². The molecule has 0 aromatic carbocycles. The van der Waals surface area contributed by atoms with E-state index >= 15 is 0 Å². The summed E-state index contributed by atoms with van der Waals surface area (Å²) in [5.74, 6) is -0.0979. The number of allylic oxidation sites excluding steroid dienone is 1. The average Bonchev–Trinajstić information content (AvgIpc) is 2.03. The number of carbonyl (C=O) groups excluding carboxylic acids is 1. The number of Topliss-reactive ketones (excluding diaryl/α,β-unsaturated/α-hetero) is 1. The number of carbonyl (C=O) groups is 1. The molecule has 0 radical (unpaired) electrons. The van der Waals surface area contributed by atoms with Gasteiger partial charge in [0.1, 0.15) is 5.15 Å². The molecule has 2 nitrogen and oxygen atoms in total. The van der Waals surface area contributed by atoms with Gasteiger partial charge in [0.15, 0.2) is 5.78 Å².